The third-order valence-electron chi connectivity index (χ3n) is 9.20. The van der Waals surface area contributed by atoms with Crippen LogP contribution in [0, 0.1) is 18.8 Å². The van der Waals surface area contributed by atoms with Gasteiger partial charge in [-0.05, 0) is 80.1 Å². The second-order valence-electron chi connectivity index (χ2n) is 13.8. The Bertz CT molecular complexity index is 2010. The largest absolute Gasteiger partial charge is 0.456 e. The summed E-state index contributed by atoms with van der Waals surface area (Å²) >= 11 is 0. The maximum atomic E-state index is 14.0. The van der Waals surface area contributed by atoms with Crippen molar-refractivity contribution in [2.75, 3.05) is 39.7 Å². The molecule has 0 aromatic heterocycles. The summed E-state index contributed by atoms with van der Waals surface area (Å²) in [5.41, 5.74) is 1.43. The Morgan fingerprint density at radius 1 is 0.981 bits per heavy atom. The minimum absolute atomic E-state index is 0.0198. The first-order valence-corrected chi connectivity index (χ1v) is 20.6. The summed E-state index contributed by atoms with van der Waals surface area (Å²) in [4.78, 5) is 13.2. The molecule has 54 heavy (non-hydrogen) atoms. The molecule has 3 aromatic carbocycles. The van der Waals surface area contributed by atoms with Gasteiger partial charge in [-0.15, -0.1) is 0 Å². The van der Waals surface area contributed by atoms with E-state index in [0.29, 0.717) is 35.8 Å². The van der Waals surface area contributed by atoms with Crippen molar-refractivity contribution in [3.8, 4) is 23.0 Å². The van der Waals surface area contributed by atoms with Crippen LogP contribution in [-0.4, -0.2) is 96.6 Å². The Balaban J connectivity index is 1.22. The lowest BCUT2D eigenvalue weighted by Gasteiger charge is -2.31. The van der Waals surface area contributed by atoms with Crippen LogP contribution < -0.4 is 19.5 Å². The van der Waals surface area contributed by atoms with Crippen LogP contribution in [0.25, 0.3) is 0 Å². The molecule has 3 aliphatic heterocycles. The summed E-state index contributed by atoms with van der Waals surface area (Å²) in [5.74, 6) is 0.935. The summed E-state index contributed by atoms with van der Waals surface area (Å²) in [6.07, 6.45) is -2.43. The number of alkyl carbamates (subject to hydrolysis) is 1. The number of fused-ring (bicyclic) bond motifs is 2. The van der Waals surface area contributed by atoms with E-state index in [2.05, 4.69) is 5.32 Å². The zero-order chi connectivity index (χ0) is 38.6. The molecule has 6 rings (SSSR count). The molecule has 0 spiro atoms. The number of nitrogens with one attached hydrogen (secondary N) is 1. The smallest absolute Gasteiger partial charge is 0.407 e. The number of aryl methyl sites for hydroxylation is 1. The zero-order valence-electron chi connectivity index (χ0n) is 30.5. The number of benzene rings is 3. The highest BCUT2D eigenvalue weighted by Gasteiger charge is 2.44. The number of hydrogen-bond donors (Lipinski definition) is 2. The molecule has 0 bridgehead atoms. The molecule has 15 nitrogen and oxygen atoms in total. The standard InChI is InChI=1S/C37H46N2O13S2/c1-5-50-54(44,45)35-13-6-24(4)16-33(35)51-26-9-7-25(8-10-26)17-29(38-37(41)52-34-21-47-36-28(34)14-15-46-36)30(40)20-39(19-23(2)3)53(42,43)27-11-12-31-32(18-27)49-22-48-31/h6-13,16,18,23,28-30,34,36,40H,5,14-15,17,19-22H2,1-4H3,(H,38,41)/t28-,29-,30+,34-,36+/m0/s1. The van der Waals surface area contributed by atoms with E-state index in [1.165, 1.54) is 28.6 Å². The van der Waals surface area contributed by atoms with Crippen molar-refractivity contribution >= 4 is 26.2 Å². The van der Waals surface area contributed by atoms with E-state index >= 15 is 0 Å². The number of aliphatic hydroxyl groups is 1. The second kappa shape index (κ2) is 16.8. The third kappa shape index (κ3) is 9.27. The number of carbonyl (C=O) groups is 1. The molecule has 0 radical (unpaired) electrons. The Labute approximate surface area is 315 Å². The number of amides is 1. The summed E-state index contributed by atoms with van der Waals surface area (Å²) in [6.45, 7) is 7.44. The van der Waals surface area contributed by atoms with Gasteiger partial charge in [-0.1, -0.05) is 32.0 Å². The van der Waals surface area contributed by atoms with Gasteiger partial charge < -0.3 is 38.8 Å². The fraction of sp³-hybridized carbons (Fsp3) is 0.486. The molecule has 0 saturated carbocycles. The monoisotopic (exact) mass is 790 g/mol. The first kappa shape index (κ1) is 39.7. The van der Waals surface area contributed by atoms with E-state index in [0.717, 1.165) is 5.56 Å². The predicted molar refractivity (Wildman–Crippen MR) is 193 cm³/mol. The van der Waals surface area contributed by atoms with E-state index < -0.39 is 50.8 Å². The predicted octanol–water partition coefficient (Wildman–Crippen LogP) is 4.35. The summed E-state index contributed by atoms with van der Waals surface area (Å²) in [7, 11) is -8.20. The number of sulfonamides is 1. The number of carbonyl (C=O) groups excluding carboxylic acids is 1. The fourth-order valence-corrected chi connectivity index (χ4v) is 9.21. The SMILES string of the molecule is CCOS(=O)(=O)c1ccc(C)cc1Oc1ccc(C[C@H](NC(=O)O[C@H]2CO[C@H]3OCC[C@H]32)[C@H](O)CN(CC(C)C)S(=O)(=O)c2ccc3c(c2)OCO3)cc1. The van der Waals surface area contributed by atoms with Crippen LogP contribution in [0.15, 0.2) is 70.5 Å². The topological polar surface area (TPSA) is 185 Å². The molecule has 2 saturated heterocycles. The Morgan fingerprint density at radius 2 is 1.74 bits per heavy atom. The highest BCUT2D eigenvalue weighted by Crippen LogP contribution is 2.36. The van der Waals surface area contributed by atoms with Crippen LogP contribution in [0.2, 0.25) is 0 Å². The molecule has 0 aliphatic carbocycles. The molecule has 294 valence electrons. The van der Waals surface area contributed by atoms with Gasteiger partial charge in [-0.2, -0.15) is 12.7 Å². The first-order chi connectivity index (χ1) is 25.7. The van der Waals surface area contributed by atoms with Crippen LogP contribution in [-0.2, 0) is 45.0 Å². The Kier molecular flexibility index (Phi) is 12.4. The van der Waals surface area contributed by atoms with Crippen molar-refractivity contribution in [2.24, 2.45) is 11.8 Å². The van der Waals surface area contributed by atoms with Gasteiger partial charge in [0.05, 0.1) is 42.8 Å². The minimum atomic E-state index is -4.14. The molecular weight excluding hydrogens is 745 g/mol. The second-order valence-corrected chi connectivity index (χ2v) is 17.3. The van der Waals surface area contributed by atoms with Gasteiger partial charge in [0.1, 0.15) is 22.5 Å². The maximum Gasteiger partial charge on any atom is 0.407 e. The van der Waals surface area contributed by atoms with Crippen molar-refractivity contribution in [2.45, 2.75) is 74.9 Å². The third-order valence-corrected chi connectivity index (χ3v) is 12.5. The summed E-state index contributed by atoms with van der Waals surface area (Å²) in [5, 5.41) is 14.5. The normalized spacial score (nSPS) is 20.5. The lowest BCUT2D eigenvalue weighted by Crippen LogP contribution is -2.51. The van der Waals surface area contributed by atoms with Gasteiger partial charge in [-0.3, -0.25) is 4.18 Å². The highest BCUT2D eigenvalue weighted by molar-refractivity contribution is 7.89. The molecule has 2 N–H and O–H groups in total. The van der Waals surface area contributed by atoms with Crippen LogP contribution >= 0.6 is 0 Å². The average molecular weight is 791 g/mol. The zero-order valence-corrected chi connectivity index (χ0v) is 32.1. The van der Waals surface area contributed by atoms with Crippen molar-refractivity contribution in [3.05, 3.63) is 71.8 Å². The number of hydrogen-bond acceptors (Lipinski definition) is 13. The lowest BCUT2D eigenvalue weighted by atomic mass is 10.0. The number of aliphatic hydroxyl groups excluding tert-OH is 1. The molecule has 5 atom stereocenters. The van der Waals surface area contributed by atoms with Crippen LogP contribution in [0.5, 0.6) is 23.0 Å². The van der Waals surface area contributed by atoms with E-state index in [9.17, 15) is 26.7 Å². The molecule has 1 amide bonds. The van der Waals surface area contributed by atoms with Gasteiger partial charge >= 0.3 is 16.2 Å². The van der Waals surface area contributed by atoms with Crippen molar-refractivity contribution in [1.29, 1.82) is 0 Å². The number of rotatable bonds is 16. The number of nitrogens with zero attached hydrogens (tertiary/aromatic N) is 1. The molecule has 0 unspecified atom stereocenters. The average Bonchev–Trinajstić information content (AvgIpc) is 3.87. The van der Waals surface area contributed by atoms with E-state index in [-0.39, 0.29) is 66.9 Å². The van der Waals surface area contributed by atoms with Crippen molar-refractivity contribution < 1.29 is 59.3 Å². The molecule has 17 heteroatoms. The summed E-state index contributed by atoms with van der Waals surface area (Å²) in [6, 6.07) is 14.7. The van der Waals surface area contributed by atoms with Crippen LogP contribution in [0.3, 0.4) is 0 Å². The van der Waals surface area contributed by atoms with Gasteiger partial charge in [0.2, 0.25) is 16.8 Å². The van der Waals surface area contributed by atoms with Crippen molar-refractivity contribution in [3.63, 3.8) is 0 Å². The molecule has 3 heterocycles. The van der Waals surface area contributed by atoms with Crippen LogP contribution in [0.4, 0.5) is 4.79 Å². The lowest BCUT2D eigenvalue weighted by molar-refractivity contribution is -0.0907. The molecule has 3 aliphatic rings. The van der Waals surface area contributed by atoms with Crippen LogP contribution in [0.1, 0.15) is 38.3 Å². The number of ether oxygens (including phenoxy) is 6. The molecular formula is C37H46N2O13S2. The minimum Gasteiger partial charge on any atom is -0.456 e. The van der Waals surface area contributed by atoms with E-state index in [1.807, 2.05) is 13.8 Å². The van der Waals surface area contributed by atoms with Gasteiger partial charge in [0, 0.05) is 19.2 Å². The maximum absolute atomic E-state index is 14.0. The summed E-state index contributed by atoms with van der Waals surface area (Å²) < 4.78 is 93.3. The van der Waals surface area contributed by atoms with Gasteiger partial charge in [0.15, 0.2) is 17.8 Å². The van der Waals surface area contributed by atoms with Gasteiger partial charge in [0.25, 0.3) is 0 Å². The molecule has 3 aromatic rings. The Hall–Kier alpha value is -3.97. The first-order valence-electron chi connectivity index (χ1n) is 17.8. The van der Waals surface area contributed by atoms with E-state index in [1.54, 1.807) is 50.2 Å². The molecule has 2 fully saturated rings. The fourth-order valence-electron chi connectivity index (χ4n) is 6.55. The van der Waals surface area contributed by atoms with E-state index in [4.69, 9.17) is 32.6 Å². The quantitative estimate of drug-likeness (QED) is 0.196. The highest BCUT2D eigenvalue weighted by atomic mass is 32.2. The Morgan fingerprint density at radius 3 is 2.48 bits per heavy atom. The van der Waals surface area contributed by atoms with Gasteiger partial charge in [-0.25, -0.2) is 13.2 Å². The van der Waals surface area contributed by atoms with Crippen molar-refractivity contribution in [1.82, 2.24) is 9.62 Å².